The molecule has 0 aliphatic carbocycles. The number of hydrogen-bond acceptors (Lipinski definition) is 5. The third-order valence-corrected chi connectivity index (χ3v) is 5.93. The standard InChI is InChI=1S/C11H18N2O4S2/c1-8(2)13(6-4-5-10(14)15)19(16,17)11-7-12-9(3)18-11/h7-8H,4-6H2,1-3H3,(H,14,15). The molecule has 0 aromatic carbocycles. The summed E-state index contributed by atoms with van der Waals surface area (Å²) in [4.78, 5) is 14.4. The molecule has 6 nitrogen and oxygen atoms in total. The summed E-state index contributed by atoms with van der Waals surface area (Å²) in [6.07, 6.45) is 1.60. The van der Waals surface area contributed by atoms with Crippen molar-refractivity contribution in [2.24, 2.45) is 0 Å². The first-order valence-electron chi connectivity index (χ1n) is 5.91. The van der Waals surface area contributed by atoms with E-state index >= 15 is 0 Å². The number of sulfonamides is 1. The number of carboxylic acid groups (broad SMARTS) is 1. The number of rotatable bonds is 7. The number of aryl methyl sites for hydroxylation is 1. The van der Waals surface area contributed by atoms with Crippen LogP contribution in [0, 0.1) is 6.92 Å². The topological polar surface area (TPSA) is 87.6 Å². The smallest absolute Gasteiger partial charge is 0.303 e. The van der Waals surface area contributed by atoms with E-state index in [1.165, 1.54) is 10.5 Å². The molecule has 0 saturated heterocycles. The molecule has 1 aromatic heterocycles. The van der Waals surface area contributed by atoms with Gasteiger partial charge in [-0.3, -0.25) is 4.79 Å². The first kappa shape index (κ1) is 16.1. The fraction of sp³-hybridized carbons (Fsp3) is 0.636. The minimum atomic E-state index is -3.58. The van der Waals surface area contributed by atoms with Crippen LogP contribution in [0.25, 0.3) is 0 Å². The zero-order valence-corrected chi connectivity index (χ0v) is 12.8. The summed E-state index contributed by atoms with van der Waals surface area (Å²) < 4.78 is 26.3. The lowest BCUT2D eigenvalue weighted by molar-refractivity contribution is -0.137. The van der Waals surface area contributed by atoms with Gasteiger partial charge in [-0.25, -0.2) is 13.4 Å². The van der Waals surface area contributed by atoms with Gasteiger partial charge in [-0.1, -0.05) is 0 Å². The van der Waals surface area contributed by atoms with Crippen LogP contribution < -0.4 is 0 Å². The molecule has 1 heterocycles. The van der Waals surface area contributed by atoms with Gasteiger partial charge in [0.1, 0.15) is 0 Å². The number of aliphatic carboxylic acids is 1. The minimum absolute atomic E-state index is 0.0412. The van der Waals surface area contributed by atoms with E-state index < -0.39 is 16.0 Å². The maximum absolute atomic E-state index is 12.4. The van der Waals surface area contributed by atoms with Crippen LogP contribution in [-0.2, 0) is 14.8 Å². The summed E-state index contributed by atoms with van der Waals surface area (Å²) in [5.74, 6) is -0.922. The molecule has 0 atom stereocenters. The number of thiazole rings is 1. The highest BCUT2D eigenvalue weighted by Crippen LogP contribution is 2.24. The highest BCUT2D eigenvalue weighted by Gasteiger charge is 2.28. The molecular formula is C11H18N2O4S2. The molecule has 19 heavy (non-hydrogen) atoms. The zero-order valence-electron chi connectivity index (χ0n) is 11.2. The lowest BCUT2D eigenvalue weighted by Crippen LogP contribution is -2.37. The second kappa shape index (κ2) is 6.44. The third kappa shape index (κ3) is 4.26. The van der Waals surface area contributed by atoms with Crippen molar-refractivity contribution in [1.82, 2.24) is 9.29 Å². The molecule has 0 bridgehead atoms. The summed E-state index contributed by atoms with van der Waals surface area (Å²) in [6, 6.07) is -0.221. The second-order valence-electron chi connectivity index (χ2n) is 4.41. The third-order valence-electron chi connectivity index (χ3n) is 2.51. The molecule has 0 aliphatic heterocycles. The van der Waals surface area contributed by atoms with Gasteiger partial charge >= 0.3 is 5.97 Å². The van der Waals surface area contributed by atoms with Gasteiger partial charge in [-0.05, 0) is 27.2 Å². The molecule has 1 aromatic rings. The van der Waals surface area contributed by atoms with Gasteiger partial charge < -0.3 is 5.11 Å². The van der Waals surface area contributed by atoms with Gasteiger partial charge in [0.2, 0.25) is 0 Å². The summed E-state index contributed by atoms with van der Waals surface area (Å²) in [5.41, 5.74) is 0. The van der Waals surface area contributed by atoms with Gasteiger partial charge in [0.15, 0.2) is 4.21 Å². The average molecular weight is 306 g/mol. The quantitative estimate of drug-likeness (QED) is 0.828. The van der Waals surface area contributed by atoms with Crippen LogP contribution in [0.4, 0.5) is 0 Å². The lowest BCUT2D eigenvalue weighted by atomic mass is 10.3. The molecule has 0 aliphatic rings. The Kier molecular flexibility index (Phi) is 5.45. The monoisotopic (exact) mass is 306 g/mol. The van der Waals surface area contributed by atoms with Gasteiger partial charge in [0.25, 0.3) is 10.0 Å². The summed E-state index contributed by atoms with van der Waals surface area (Å²) in [5, 5.41) is 9.30. The highest BCUT2D eigenvalue weighted by atomic mass is 32.2. The molecule has 0 fully saturated rings. The van der Waals surface area contributed by atoms with Crippen molar-refractivity contribution in [1.29, 1.82) is 0 Å². The first-order chi connectivity index (χ1) is 8.75. The fourth-order valence-electron chi connectivity index (χ4n) is 1.62. The number of nitrogens with zero attached hydrogens (tertiary/aromatic N) is 2. The molecular weight excluding hydrogens is 288 g/mol. The molecule has 0 spiro atoms. The fourth-order valence-corrected chi connectivity index (χ4v) is 4.53. The van der Waals surface area contributed by atoms with E-state index in [-0.39, 0.29) is 23.2 Å². The van der Waals surface area contributed by atoms with Gasteiger partial charge in [-0.2, -0.15) is 4.31 Å². The van der Waals surface area contributed by atoms with Crippen LogP contribution in [0.15, 0.2) is 10.4 Å². The lowest BCUT2D eigenvalue weighted by Gasteiger charge is -2.24. The van der Waals surface area contributed by atoms with Crippen LogP contribution in [0.5, 0.6) is 0 Å². The largest absolute Gasteiger partial charge is 0.481 e. The van der Waals surface area contributed by atoms with Crippen molar-refractivity contribution in [2.45, 2.75) is 43.9 Å². The highest BCUT2D eigenvalue weighted by molar-refractivity contribution is 7.91. The van der Waals surface area contributed by atoms with Crippen LogP contribution in [0.1, 0.15) is 31.7 Å². The van der Waals surface area contributed by atoms with E-state index in [0.29, 0.717) is 11.4 Å². The van der Waals surface area contributed by atoms with Crippen molar-refractivity contribution in [2.75, 3.05) is 6.54 Å². The Balaban J connectivity index is 2.89. The van der Waals surface area contributed by atoms with Crippen molar-refractivity contribution in [3.63, 3.8) is 0 Å². The SMILES string of the molecule is Cc1ncc(S(=O)(=O)N(CCCC(=O)O)C(C)C)s1. The van der Waals surface area contributed by atoms with Crippen molar-refractivity contribution in [3.05, 3.63) is 11.2 Å². The predicted octanol–water partition coefficient (Wildman–Crippen LogP) is 1.72. The first-order valence-corrected chi connectivity index (χ1v) is 8.17. The number of hydrogen-bond donors (Lipinski definition) is 1. The van der Waals surface area contributed by atoms with Crippen LogP contribution in [0.3, 0.4) is 0 Å². The predicted molar refractivity (Wildman–Crippen MR) is 72.7 cm³/mol. The Morgan fingerprint density at radius 2 is 2.16 bits per heavy atom. The van der Waals surface area contributed by atoms with Crippen molar-refractivity contribution < 1.29 is 18.3 Å². The van der Waals surface area contributed by atoms with E-state index in [4.69, 9.17) is 5.11 Å². The molecule has 0 radical (unpaired) electrons. The number of carboxylic acids is 1. The molecule has 0 amide bonds. The Hall–Kier alpha value is -0.990. The van der Waals surface area contributed by atoms with Crippen molar-refractivity contribution in [3.8, 4) is 0 Å². The Morgan fingerprint density at radius 3 is 2.58 bits per heavy atom. The molecule has 0 saturated carbocycles. The van der Waals surface area contributed by atoms with Crippen molar-refractivity contribution >= 4 is 27.3 Å². The van der Waals surface area contributed by atoms with E-state index in [1.807, 2.05) is 0 Å². The summed E-state index contributed by atoms with van der Waals surface area (Å²) >= 11 is 1.12. The zero-order chi connectivity index (χ0) is 14.6. The van der Waals surface area contributed by atoms with E-state index in [1.54, 1.807) is 20.8 Å². The van der Waals surface area contributed by atoms with Crippen LogP contribution in [0.2, 0.25) is 0 Å². The molecule has 1 rings (SSSR count). The van der Waals surface area contributed by atoms with Crippen LogP contribution in [-0.4, -0.2) is 41.4 Å². The second-order valence-corrected chi connectivity index (χ2v) is 7.76. The molecule has 108 valence electrons. The normalized spacial score (nSPS) is 12.3. The minimum Gasteiger partial charge on any atom is -0.481 e. The van der Waals surface area contributed by atoms with E-state index in [9.17, 15) is 13.2 Å². The van der Waals surface area contributed by atoms with Gasteiger partial charge in [0.05, 0.1) is 11.2 Å². The maximum Gasteiger partial charge on any atom is 0.303 e. The summed E-state index contributed by atoms with van der Waals surface area (Å²) in [7, 11) is -3.58. The Bertz CT molecular complexity index is 537. The summed E-state index contributed by atoms with van der Waals surface area (Å²) in [6.45, 7) is 5.48. The van der Waals surface area contributed by atoms with E-state index in [0.717, 1.165) is 11.3 Å². The Labute approximate surface area is 117 Å². The Morgan fingerprint density at radius 1 is 1.53 bits per heavy atom. The van der Waals surface area contributed by atoms with Gasteiger partial charge in [0, 0.05) is 19.0 Å². The average Bonchev–Trinajstić information content (AvgIpc) is 2.70. The van der Waals surface area contributed by atoms with Crippen LogP contribution >= 0.6 is 11.3 Å². The molecule has 0 unspecified atom stereocenters. The number of carbonyl (C=O) groups is 1. The molecule has 1 N–H and O–H groups in total. The van der Waals surface area contributed by atoms with Gasteiger partial charge in [-0.15, -0.1) is 11.3 Å². The number of aromatic nitrogens is 1. The van der Waals surface area contributed by atoms with E-state index in [2.05, 4.69) is 4.98 Å². The molecule has 8 heteroatoms. The maximum atomic E-state index is 12.4.